The van der Waals surface area contributed by atoms with Crippen LogP contribution in [-0.4, -0.2) is 90.3 Å². The van der Waals surface area contributed by atoms with Crippen molar-refractivity contribution in [3.63, 3.8) is 0 Å². The van der Waals surface area contributed by atoms with Crippen molar-refractivity contribution >= 4 is 11.8 Å². The molecule has 10 heteroatoms. The third-order valence-corrected chi connectivity index (χ3v) is 6.63. The smallest absolute Gasteiger partial charge is 0.247 e. The largest absolute Gasteiger partial charge is 0.493 e. The van der Waals surface area contributed by atoms with Crippen molar-refractivity contribution in [1.82, 2.24) is 10.2 Å². The summed E-state index contributed by atoms with van der Waals surface area (Å²) < 4.78 is 17.1. The Morgan fingerprint density at radius 2 is 2.08 bits per heavy atom. The lowest BCUT2D eigenvalue weighted by Crippen LogP contribution is -2.56. The highest BCUT2D eigenvalue weighted by Gasteiger charge is 2.51. The van der Waals surface area contributed by atoms with Crippen LogP contribution in [0.5, 0.6) is 11.5 Å². The summed E-state index contributed by atoms with van der Waals surface area (Å²) in [5.74, 6) is -0.505. The molecule has 0 bridgehead atoms. The molecule has 37 heavy (non-hydrogen) atoms. The van der Waals surface area contributed by atoms with Crippen LogP contribution >= 0.6 is 0 Å². The number of rotatable bonds is 14. The van der Waals surface area contributed by atoms with Crippen LogP contribution in [0.25, 0.3) is 0 Å². The molecule has 0 radical (unpaired) electrons. The molecule has 1 aliphatic carbocycles. The Balaban J connectivity index is 2.06. The van der Waals surface area contributed by atoms with Gasteiger partial charge in [0, 0.05) is 43.9 Å². The molecule has 0 spiro atoms. The molecule has 2 aliphatic rings. The molecule has 0 unspecified atom stereocenters. The number of amides is 2. The quantitative estimate of drug-likeness (QED) is 0.212. The van der Waals surface area contributed by atoms with Crippen molar-refractivity contribution in [3.8, 4) is 11.5 Å². The molecule has 3 rings (SSSR count). The standard InChI is InChI=1S/C27H38N2O8/c1-4-6-8-22(32)29(10-7-12-36-5-2)20-15-19(27(34)28-9-11-30)23-18-13-17(16-31)14-21(35-3)25(18)37-26(23)24(20)33/h4,13-15,20,23-24,26,30-31,33H,1,5-12,16H2,2-3H3,(H,28,34)/t20-,23+,24+,26+/m1/s1. The highest BCUT2D eigenvalue weighted by atomic mass is 16.5. The van der Waals surface area contributed by atoms with Gasteiger partial charge in [0.15, 0.2) is 11.5 Å². The zero-order valence-electron chi connectivity index (χ0n) is 21.5. The summed E-state index contributed by atoms with van der Waals surface area (Å²) in [5, 5.41) is 33.3. The van der Waals surface area contributed by atoms with Gasteiger partial charge in [0.05, 0.1) is 32.3 Å². The van der Waals surface area contributed by atoms with Gasteiger partial charge < -0.3 is 39.7 Å². The van der Waals surface area contributed by atoms with Crippen molar-refractivity contribution < 1.29 is 39.1 Å². The number of aliphatic hydroxyl groups is 3. The Morgan fingerprint density at radius 1 is 1.30 bits per heavy atom. The van der Waals surface area contributed by atoms with E-state index in [4.69, 9.17) is 14.2 Å². The van der Waals surface area contributed by atoms with Gasteiger partial charge in [-0.05, 0) is 43.5 Å². The molecule has 4 atom stereocenters. The minimum atomic E-state index is -1.14. The summed E-state index contributed by atoms with van der Waals surface area (Å²) in [7, 11) is 1.48. The molecule has 0 saturated carbocycles. The van der Waals surface area contributed by atoms with Gasteiger partial charge in [-0.2, -0.15) is 0 Å². The summed E-state index contributed by atoms with van der Waals surface area (Å²) in [6.45, 7) is 6.48. The molecule has 1 aromatic rings. The van der Waals surface area contributed by atoms with Crippen molar-refractivity contribution in [2.24, 2.45) is 0 Å². The fourth-order valence-electron chi connectivity index (χ4n) is 4.91. The summed E-state index contributed by atoms with van der Waals surface area (Å²) in [5.41, 5.74) is 1.50. The molecule has 1 aromatic carbocycles. The fourth-order valence-corrected chi connectivity index (χ4v) is 4.91. The first-order chi connectivity index (χ1) is 17.9. The summed E-state index contributed by atoms with van der Waals surface area (Å²) >= 11 is 0. The Hall–Kier alpha value is -2.92. The Labute approximate surface area is 217 Å². The van der Waals surface area contributed by atoms with Crippen molar-refractivity contribution in [3.05, 3.63) is 47.6 Å². The maximum atomic E-state index is 13.3. The number of carbonyl (C=O) groups excluding carboxylic acids is 2. The Kier molecular flexibility index (Phi) is 10.5. The molecule has 4 N–H and O–H groups in total. The normalized spacial score (nSPS) is 21.8. The lowest BCUT2D eigenvalue weighted by atomic mass is 9.77. The number of allylic oxidation sites excluding steroid dienone is 1. The molecular formula is C27H38N2O8. The maximum Gasteiger partial charge on any atom is 0.247 e. The number of carbonyl (C=O) groups is 2. The van der Waals surface area contributed by atoms with Gasteiger partial charge in [-0.15, -0.1) is 6.58 Å². The second-order valence-corrected chi connectivity index (χ2v) is 8.98. The summed E-state index contributed by atoms with van der Waals surface area (Å²) in [6, 6.07) is 2.55. The first-order valence-corrected chi connectivity index (χ1v) is 12.7. The SMILES string of the molecule is C=CCCC(=O)N(CCCOCC)[C@@H]1C=C(C(=O)NCCO)[C@@H]2c3cc(CO)cc(OC)c3O[C@@H]2[C@H]1O. The van der Waals surface area contributed by atoms with Crippen molar-refractivity contribution in [2.75, 3.05) is 40.0 Å². The second kappa shape index (κ2) is 13.6. The first kappa shape index (κ1) is 28.6. The van der Waals surface area contributed by atoms with Gasteiger partial charge in [-0.1, -0.05) is 6.08 Å². The topological polar surface area (TPSA) is 138 Å². The fraction of sp³-hybridized carbons (Fsp3) is 0.556. The van der Waals surface area contributed by atoms with E-state index in [0.29, 0.717) is 60.8 Å². The molecule has 1 aliphatic heterocycles. The Bertz CT molecular complexity index is 995. The Morgan fingerprint density at radius 3 is 2.73 bits per heavy atom. The van der Waals surface area contributed by atoms with Crippen LogP contribution in [0.15, 0.2) is 36.4 Å². The van der Waals surface area contributed by atoms with E-state index in [1.54, 1.807) is 29.2 Å². The zero-order valence-corrected chi connectivity index (χ0v) is 21.5. The molecule has 2 amide bonds. The molecule has 0 saturated heterocycles. The van der Waals surface area contributed by atoms with Gasteiger partial charge in [-0.25, -0.2) is 0 Å². The van der Waals surface area contributed by atoms with Crippen LogP contribution in [-0.2, 0) is 20.9 Å². The number of aliphatic hydroxyl groups excluding tert-OH is 3. The van der Waals surface area contributed by atoms with E-state index in [2.05, 4.69) is 11.9 Å². The third-order valence-electron chi connectivity index (χ3n) is 6.63. The van der Waals surface area contributed by atoms with Gasteiger partial charge in [0.25, 0.3) is 0 Å². The monoisotopic (exact) mass is 518 g/mol. The van der Waals surface area contributed by atoms with Gasteiger partial charge in [-0.3, -0.25) is 9.59 Å². The number of nitrogens with one attached hydrogen (secondary N) is 1. The highest BCUT2D eigenvalue weighted by Crippen LogP contribution is 2.51. The summed E-state index contributed by atoms with van der Waals surface area (Å²) in [6.07, 6.45) is 2.52. The van der Waals surface area contributed by atoms with E-state index in [9.17, 15) is 24.9 Å². The van der Waals surface area contributed by atoms with E-state index in [0.717, 1.165) is 0 Å². The number of hydrogen-bond donors (Lipinski definition) is 4. The lowest BCUT2D eigenvalue weighted by Gasteiger charge is -2.40. The van der Waals surface area contributed by atoms with Crippen LogP contribution in [0.4, 0.5) is 0 Å². The van der Waals surface area contributed by atoms with E-state index >= 15 is 0 Å². The molecule has 1 heterocycles. The van der Waals surface area contributed by atoms with E-state index < -0.39 is 30.1 Å². The number of ether oxygens (including phenoxy) is 3. The van der Waals surface area contributed by atoms with Crippen molar-refractivity contribution in [1.29, 1.82) is 0 Å². The van der Waals surface area contributed by atoms with Gasteiger partial charge >= 0.3 is 0 Å². The maximum absolute atomic E-state index is 13.3. The molecule has 10 nitrogen and oxygen atoms in total. The highest BCUT2D eigenvalue weighted by molar-refractivity contribution is 5.96. The molecule has 0 fully saturated rings. The average molecular weight is 519 g/mol. The third kappa shape index (κ3) is 6.32. The average Bonchev–Trinajstić information content (AvgIpc) is 3.30. The van der Waals surface area contributed by atoms with Crippen molar-refractivity contribution in [2.45, 2.75) is 57.0 Å². The predicted octanol–water partition coefficient (Wildman–Crippen LogP) is 1.03. The number of methoxy groups -OCH3 is 1. The predicted molar refractivity (Wildman–Crippen MR) is 136 cm³/mol. The van der Waals surface area contributed by atoms with Gasteiger partial charge in [0.2, 0.25) is 11.8 Å². The number of nitrogens with zero attached hydrogens (tertiary/aromatic N) is 1. The molecular weight excluding hydrogens is 480 g/mol. The lowest BCUT2D eigenvalue weighted by molar-refractivity contribution is -0.137. The number of benzene rings is 1. The minimum absolute atomic E-state index is 0.0465. The van der Waals surface area contributed by atoms with Crippen LogP contribution in [0.2, 0.25) is 0 Å². The van der Waals surface area contributed by atoms with Crippen LogP contribution < -0.4 is 14.8 Å². The first-order valence-electron chi connectivity index (χ1n) is 12.7. The van der Waals surface area contributed by atoms with Gasteiger partial charge in [0.1, 0.15) is 12.2 Å². The molecule has 0 aromatic heterocycles. The van der Waals surface area contributed by atoms with Crippen LogP contribution in [0.3, 0.4) is 0 Å². The summed E-state index contributed by atoms with van der Waals surface area (Å²) in [4.78, 5) is 28.1. The van der Waals surface area contributed by atoms with Crippen LogP contribution in [0.1, 0.15) is 43.2 Å². The van der Waals surface area contributed by atoms with Crippen LogP contribution in [0, 0.1) is 0 Å². The minimum Gasteiger partial charge on any atom is -0.493 e. The zero-order chi connectivity index (χ0) is 26.9. The molecule has 204 valence electrons. The van der Waals surface area contributed by atoms with E-state index in [-0.39, 0.29) is 32.1 Å². The van der Waals surface area contributed by atoms with E-state index in [1.807, 2.05) is 6.92 Å². The van der Waals surface area contributed by atoms with E-state index in [1.165, 1.54) is 7.11 Å². The number of fused-ring (bicyclic) bond motifs is 3. The second-order valence-electron chi connectivity index (χ2n) is 8.98. The number of hydrogen-bond acceptors (Lipinski definition) is 8.